The van der Waals surface area contributed by atoms with Gasteiger partial charge in [-0.1, -0.05) is 36.4 Å². The summed E-state index contributed by atoms with van der Waals surface area (Å²) in [6, 6.07) is 13.5. The van der Waals surface area contributed by atoms with Gasteiger partial charge < -0.3 is 5.11 Å². The second-order valence-electron chi connectivity index (χ2n) is 4.23. The molecule has 3 heteroatoms. The van der Waals surface area contributed by atoms with Crippen molar-refractivity contribution >= 4 is 27.6 Å². The van der Waals surface area contributed by atoms with Crippen LogP contribution in [-0.2, 0) is 11.2 Å². The van der Waals surface area contributed by atoms with E-state index < -0.39 is 5.97 Å². The van der Waals surface area contributed by atoms with E-state index in [2.05, 4.69) is 4.98 Å². The number of aliphatic carboxylic acids is 1. The van der Waals surface area contributed by atoms with Crippen LogP contribution in [0.4, 0.5) is 0 Å². The highest BCUT2D eigenvalue weighted by molar-refractivity contribution is 6.07. The minimum atomic E-state index is -0.824. The highest BCUT2D eigenvalue weighted by Crippen LogP contribution is 2.26. The number of pyridine rings is 1. The normalized spacial score (nSPS) is 10.9. The zero-order chi connectivity index (χ0) is 12.5. The number of benzene rings is 2. The van der Waals surface area contributed by atoms with E-state index in [0.29, 0.717) is 0 Å². The fraction of sp³-hybridized carbons (Fsp3) is 0.0667. The average molecular weight is 237 g/mol. The molecule has 0 aliphatic carbocycles. The Bertz CT molecular complexity index is 750. The predicted octanol–water partition coefficient (Wildman–Crippen LogP) is 3.02. The van der Waals surface area contributed by atoms with Gasteiger partial charge in [-0.2, -0.15) is 0 Å². The highest BCUT2D eigenvalue weighted by atomic mass is 16.4. The minimum absolute atomic E-state index is 0.0209. The summed E-state index contributed by atoms with van der Waals surface area (Å²) in [7, 11) is 0. The van der Waals surface area contributed by atoms with Gasteiger partial charge in [-0.05, 0) is 17.0 Å². The first-order valence-electron chi connectivity index (χ1n) is 5.73. The summed E-state index contributed by atoms with van der Waals surface area (Å²) in [6.45, 7) is 0. The zero-order valence-electron chi connectivity index (χ0n) is 9.63. The third-order valence-electron chi connectivity index (χ3n) is 3.04. The van der Waals surface area contributed by atoms with E-state index in [4.69, 9.17) is 5.11 Å². The van der Waals surface area contributed by atoms with Gasteiger partial charge in [0.25, 0.3) is 0 Å². The van der Waals surface area contributed by atoms with Crippen molar-refractivity contribution < 1.29 is 9.90 Å². The highest BCUT2D eigenvalue weighted by Gasteiger charge is 2.09. The van der Waals surface area contributed by atoms with Crippen LogP contribution in [0.25, 0.3) is 21.7 Å². The van der Waals surface area contributed by atoms with E-state index in [9.17, 15) is 4.79 Å². The van der Waals surface area contributed by atoms with E-state index in [0.717, 1.165) is 27.2 Å². The van der Waals surface area contributed by atoms with Crippen molar-refractivity contribution in [1.82, 2.24) is 4.98 Å². The fourth-order valence-electron chi connectivity index (χ4n) is 2.29. The molecule has 1 N–H and O–H groups in total. The number of carboxylic acid groups (broad SMARTS) is 1. The maximum atomic E-state index is 10.9. The first-order valence-corrected chi connectivity index (χ1v) is 5.73. The summed E-state index contributed by atoms with van der Waals surface area (Å²) in [5.74, 6) is -0.824. The maximum absolute atomic E-state index is 10.9. The average Bonchev–Trinajstić information content (AvgIpc) is 2.38. The molecule has 0 aliphatic heterocycles. The molecule has 0 unspecified atom stereocenters. The predicted molar refractivity (Wildman–Crippen MR) is 70.6 cm³/mol. The Balaban J connectivity index is 2.42. The molecule has 2 aromatic carbocycles. The van der Waals surface area contributed by atoms with Gasteiger partial charge >= 0.3 is 5.97 Å². The molecule has 0 aliphatic rings. The second kappa shape index (κ2) is 4.11. The Morgan fingerprint density at radius 3 is 2.78 bits per heavy atom. The molecule has 1 aromatic heterocycles. The van der Waals surface area contributed by atoms with Gasteiger partial charge in [-0.25, -0.2) is 0 Å². The number of aromatic nitrogens is 1. The van der Waals surface area contributed by atoms with Crippen LogP contribution < -0.4 is 0 Å². The molecule has 0 atom stereocenters. The Morgan fingerprint density at radius 1 is 1.11 bits per heavy atom. The topological polar surface area (TPSA) is 50.2 Å². The number of fused-ring (bicyclic) bond motifs is 3. The van der Waals surface area contributed by atoms with Crippen LogP contribution in [0.5, 0.6) is 0 Å². The smallest absolute Gasteiger partial charge is 0.307 e. The van der Waals surface area contributed by atoms with Gasteiger partial charge in [0, 0.05) is 17.0 Å². The van der Waals surface area contributed by atoms with Gasteiger partial charge in [-0.15, -0.1) is 0 Å². The molecule has 0 bridgehead atoms. The van der Waals surface area contributed by atoms with Crippen LogP contribution in [0.3, 0.4) is 0 Å². The molecule has 3 rings (SSSR count). The van der Waals surface area contributed by atoms with E-state index >= 15 is 0 Å². The van der Waals surface area contributed by atoms with Gasteiger partial charge in [0.05, 0.1) is 11.9 Å². The molecule has 3 nitrogen and oxygen atoms in total. The Labute approximate surface area is 104 Å². The van der Waals surface area contributed by atoms with Crippen molar-refractivity contribution in [2.24, 2.45) is 0 Å². The van der Waals surface area contributed by atoms with Crippen LogP contribution >= 0.6 is 0 Å². The van der Waals surface area contributed by atoms with Crippen molar-refractivity contribution in [3.63, 3.8) is 0 Å². The van der Waals surface area contributed by atoms with E-state index in [1.54, 1.807) is 0 Å². The SMILES string of the molecule is O=C(O)Cc1cccc2ncc3ccccc3c12. The van der Waals surface area contributed by atoms with Gasteiger partial charge in [0.15, 0.2) is 0 Å². The molecule has 0 amide bonds. The number of carbonyl (C=O) groups is 1. The van der Waals surface area contributed by atoms with Crippen LogP contribution in [0, 0.1) is 0 Å². The molecule has 0 saturated heterocycles. The Kier molecular flexibility index (Phi) is 2.45. The largest absolute Gasteiger partial charge is 0.481 e. The first kappa shape index (κ1) is 10.7. The van der Waals surface area contributed by atoms with Crippen LogP contribution in [-0.4, -0.2) is 16.1 Å². The van der Waals surface area contributed by atoms with Crippen molar-refractivity contribution in [2.45, 2.75) is 6.42 Å². The van der Waals surface area contributed by atoms with Gasteiger partial charge in [0.2, 0.25) is 0 Å². The lowest BCUT2D eigenvalue weighted by Gasteiger charge is -2.07. The molecule has 1 heterocycles. The summed E-state index contributed by atoms with van der Waals surface area (Å²) < 4.78 is 0. The number of carboxylic acids is 1. The van der Waals surface area contributed by atoms with E-state index in [1.165, 1.54) is 0 Å². The molecule has 88 valence electrons. The monoisotopic (exact) mass is 237 g/mol. The zero-order valence-corrected chi connectivity index (χ0v) is 9.63. The maximum Gasteiger partial charge on any atom is 0.307 e. The fourth-order valence-corrected chi connectivity index (χ4v) is 2.29. The molecular formula is C15H11NO2. The summed E-state index contributed by atoms with van der Waals surface area (Å²) in [4.78, 5) is 15.3. The van der Waals surface area contributed by atoms with Crippen molar-refractivity contribution in [2.75, 3.05) is 0 Å². The number of hydrogen-bond acceptors (Lipinski definition) is 2. The van der Waals surface area contributed by atoms with Crippen LogP contribution in [0.2, 0.25) is 0 Å². The van der Waals surface area contributed by atoms with Crippen LogP contribution in [0.15, 0.2) is 48.7 Å². The van der Waals surface area contributed by atoms with Crippen molar-refractivity contribution in [1.29, 1.82) is 0 Å². The third-order valence-corrected chi connectivity index (χ3v) is 3.04. The minimum Gasteiger partial charge on any atom is -0.481 e. The van der Waals surface area contributed by atoms with Gasteiger partial charge in [-0.3, -0.25) is 9.78 Å². The summed E-state index contributed by atoms with van der Waals surface area (Å²) in [5, 5.41) is 12.0. The summed E-state index contributed by atoms with van der Waals surface area (Å²) in [6.07, 6.45) is 1.84. The Morgan fingerprint density at radius 2 is 1.94 bits per heavy atom. The number of nitrogens with zero attached hydrogens (tertiary/aromatic N) is 1. The molecule has 0 fully saturated rings. The second-order valence-corrected chi connectivity index (χ2v) is 4.23. The van der Waals surface area contributed by atoms with Crippen molar-refractivity contribution in [3.8, 4) is 0 Å². The van der Waals surface area contributed by atoms with E-state index in [1.807, 2.05) is 48.7 Å². The molecule has 0 saturated carbocycles. The molecule has 3 aromatic rings. The molecular weight excluding hydrogens is 226 g/mol. The lowest BCUT2D eigenvalue weighted by molar-refractivity contribution is -0.136. The lowest BCUT2D eigenvalue weighted by Crippen LogP contribution is -2.01. The number of hydrogen-bond donors (Lipinski definition) is 1. The molecule has 0 spiro atoms. The Hall–Kier alpha value is -2.42. The standard InChI is InChI=1S/C15H11NO2/c17-14(18)8-10-5-3-7-13-15(10)12-6-2-1-4-11(12)9-16-13/h1-7,9H,8H2,(H,17,18). The van der Waals surface area contributed by atoms with Crippen LogP contribution in [0.1, 0.15) is 5.56 Å². The summed E-state index contributed by atoms with van der Waals surface area (Å²) >= 11 is 0. The number of rotatable bonds is 2. The first-order chi connectivity index (χ1) is 8.75. The van der Waals surface area contributed by atoms with Crippen molar-refractivity contribution in [3.05, 3.63) is 54.2 Å². The van der Waals surface area contributed by atoms with Gasteiger partial charge in [0.1, 0.15) is 0 Å². The lowest BCUT2D eigenvalue weighted by atomic mass is 10.00. The van der Waals surface area contributed by atoms with E-state index in [-0.39, 0.29) is 6.42 Å². The quantitative estimate of drug-likeness (QED) is 0.697. The third kappa shape index (κ3) is 1.70. The molecule has 0 radical (unpaired) electrons. The summed E-state index contributed by atoms with van der Waals surface area (Å²) in [5.41, 5.74) is 1.65. The molecule has 18 heavy (non-hydrogen) atoms.